The molecule has 0 aliphatic heterocycles. The molecule has 0 amide bonds. The molecule has 0 aromatic heterocycles. The fourth-order valence-corrected chi connectivity index (χ4v) is 2.68. The second-order valence-electron chi connectivity index (χ2n) is 4.14. The van der Waals surface area contributed by atoms with E-state index >= 15 is 0 Å². The van der Waals surface area contributed by atoms with Gasteiger partial charge in [-0.15, -0.1) is 0 Å². The largest absolute Gasteiger partial charge is 0.465 e. The van der Waals surface area contributed by atoms with Gasteiger partial charge in [0.25, 0.3) is 0 Å². The first-order valence-electron chi connectivity index (χ1n) is 6.35. The number of sulfonamides is 1. The number of ether oxygens (including phenoxy) is 1. The molecule has 6 nitrogen and oxygen atoms in total. The van der Waals surface area contributed by atoms with Crippen molar-refractivity contribution in [2.45, 2.75) is 18.7 Å². The summed E-state index contributed by atoms with van der Waals surface area (Å²) in [5.74, 6) is 4.71. The van der Waals surface area contributed by atoms with Gasteiger partial charge in [0.15, 0.2) is 0 Å². The molecule has 1 aromatic rings. The first-order valence-corrected chi connectivity index (χ1v) is 7.84. The van der Waals surface area contributed by atoms with E-state index < -0.39 is 22.5 Å². The number of hydrogen-bond donors (Lipinski definition) is 2. The molecular formula is C14H18N2O4S. The summed E-state index contributed by atoms with van der Waals surface area (Å²) >= 11 is 0. The summed E-state index contributed by atoms with van der Waals surface area (Å²) in [5, 5.41) is 0. The van der Waals surface area contributed by atoms with Crippen molar-refractivity contribution in [2.75, 3.05) is 19.7 Å². The Balaban J connectivity index is 3.05. The van der Waals surface area contributed by atoms with E-state index in [1.54, 1.807) is 19.1 Å². The molecule has 1 rings (SSSR count). The average molecular weight is 310 g/mol. The van der Waals surface area contributed by atoms with Gasteiger partial charge in [-0.2, -0.15) is 4.72 Å². The SMILES string of the molecule is CCOC(=O)CNS(=O)(=O)c1ccc(C)cc1C#CCN. The summed E-state index contributed by atoms with van der Waals surface area (Å²) in [6.45, 7) is 3.37. The average Bonchev–Trinajstić information content (AvgIpc) is 2.43. The van der Waals surface area contributed by atoms with E-state index in [0.717, 1.165) is 5.56 Å². The molecule has 3 N–H and O–H groups in total. The molecular weight excluding hydrogens is 292 g/mol. The van der Waals surface area contributed by atoms with E-state index in [9.17, 15) is 13.2 Å². The molecule has 0 aliphatic rings. The Morgan fingerprint density at radius 3 is 2.76 bits per heavy atom. The van der Waals surface area contributed by atoms with Crippen LogP contribution in [0.5, 0.6) is 0 Å². The van der Waals surface area contributed by atoms with Crippen molar-refractivity contribution in [2.24, 2.45) is 5.73 Å². The van der Waals surface area contributed by atoms with Crippen LogP contribution in [0, 0.1) is 18.8 Å². The Kier molecular flexibility index (Phi) is 6.37. The zero-order valence-corrected chi connectivity index (χ0v) is 12.8. The molecule has 0 atom stereocenters. The normalized spacial score (nSPS) is 10.6. The summed E-state index contributed by atoms with van der Waals surface area (Å²) < 4.78 is 31.3. The number of rotatable bonds is 5. The van der Waals surface area contributed by atoms with Gasteiger partial charge in [-0.3, -0.25) is 4.79 Å². The Hall–Kier alpha value is -1.88. The molecule has 0 saturated carbocycles. The van der Waals surface area contributed by atoms with Gasteiger partial charge in [-0.25, -0.2) is 8.42 Å². The van der Waals surface area contributed by atoms with Crippen LogP contribution in [0.2, 0.25) is 0 Å². The van der Waals surface area contributed by atoms with Gasteiger partial charge in [0.1, 0.15) is 6.54 Å². The number of hydrogen-bond acceptors (Lipinski definition) is 5. The minimum Gasteiger partial charge on any atom is -0.465 e. The summed E-state index contributed by atoms with van der Waals surface area (Å²) in [7, 11) is -3.85. The van der Waals surface area contributed by atoms with E-state index in [2.05, 4.69) is 21.3 Å². The Labute approximate surface area is 124 Å². The van der Waals surface area contributed by atoms with Crippen LogP contribution in [0.3, 0.4) is 0 Å². The third kappa shape index (κ3) is 5.19. The minimum absolute atomic E-state index is 0.0124. The molecule has 0 heterocycles. The van der Waals surface area contributed by atoms with Gasteiger partial charge >= 0.3 is 5.97 Å². The lowest BCUT2D eigenvalue weighted by molar-refractivity contribution is -0.141. The maximum absolute atomic E-state index is 12.2. The van der Waals surface area contributed by atoms with Crippen molar-refractivity contribution in [3.63, 3.8) is 0 Å². The Morgan fingerprint density at radius 1 is 1.43 bits per heavy atom. The lowest BCUT2D eigenvalue weighted by atomic mass is 10.1. The van der Waals surface area contributed by atoms with Crippen LogP contribution in [0.1, 0.15) is 18.1 Å². The predicted octanol–water partition coefficient (Wildman–Crippen LogP) is 0.147. The van der Waals surface area contributed by atoms with Crippen LogP contribution in [0.4, 0.5) is 0 Å². The summed E-state index contributed by atoms with van der Waals surface area (Å²) in [4.78, 5) is 11.3. The van der Waals surface area contributed by atoms with Crippen molar-refractivity contribution in [3.8, 4) is 11.8 Å². The maximum Gasteiger partial charge on any atom is 0.321 e. The fourth-order valence-electron chi connectivity index (χ4n) is 1.57. The second kappa shape index (κ2) is 7.78. The molecule has 7 heteroatoms. The first kappa shape index (κ1) is 17.2. The first-order chi connectivity index (χ1) is 9.90. The van der Waals surface area contributed by atoms with Crippen molar-refractivity contribution in [1.82, 2.24) is 4.72 Å². The lowest BCUT2D eigenvalue weighted by Crippen LogP contribution is -2.31. The van der Waals surface area contributed by atoms with E-state index in [1.807, 2.05) is 6.92 Å². The highest BCUT2D eigenvalue weighted by Gasteiger charge is 2.19. The number of esters is 1. The molecule has 0 bridgehead atoms. The summed E-state index contributed by atoms with van der Waals surface area (Å²) in [6, 6.07) is 4.76. The number of nitrogens with two attached hydrogens (primary N) is 1. The van der Waals surface area contributed by atoms with E-state index in [4.69, 9.17) is 5.73 Å². The third-order valence-electron chi connectivity index (χ3n) is 2.46. The predicted molar refractivity (Wildman–Crippen MR) is 78.9 cm³/mol. The van der Waals surface area contributed by atoms with Crippen LogP contribution in [-0.2, 0) is 19.6 Å². The number of carbonyl (C=O) groups excluding carboxylic acids is 1. The highest BCUT2D eigenvalue weighted by atomic mass is 32.2. The smallest absolute Gasteiger partial charge is 0.321 e. The van der Waals surface area contributed by atoms with Gasteiger partial charge in [-0.1, -0.05) is 17.9 Å². The molecule has 1 aromatic carbocycles. The highest BCUT2D eigenvalue weighted by molar-refractivity contribution is 7.89. The maximum atomic E-state index is 12.2. The molecule has 0 spiro atoms. The van der Waals surface area contributed by atoms with Crippen LogP contribution in [0.25, 0.3) is 0 Å². The molecule has 0 saturated heterocycles. The van der Waals surface area contributed by atoms with Gasteiger partial charge in [0, 0.05) is 5.56 Å². The number of carbonyl (C=O) groups is 1. The second-order valence-corrected chi connectivity index (χ2v) is 5.87. The van der Waals surface area contributed by atoms with Crippen molar-refractivity contribution >= 4 is 16.0 Å². The molecule has 0 aliphatic carbocycles. The number of benzene rings is 1. The van der Waals surface area contributed by atoms with E-state index in [-0.39, 0.29) is 18.0 Å². The Morgan fingerprint density at radius 2 is 2.14 bits per heavy atom. The standard InChI is InChI=1S/C14H18N2O4S/c1-3-20-14(17)10-16-21(18,19)13-7-6-11(2)9-12(13)5-4-8-15/h6-7,9,16H,3,8,10,15H2,1-2H3. The van der Waals surface area contributed by atoms with Crippen LogP contribution < -0.4 is 10.5 Å². The molecule has 0 radical (unpaired) electrons. The topological polar surface area (TPSA) is 98.5 Å². The summed E-state index contributed by atoms with van der Waals surface area (Å²) in [6.07, 6.45) is 0. The van der Waals surface area contributed by atoms with E-state index in [1.165, 1.54) is 6.07 Å². The van der Waals surface area contributed by atoms with Gasteiger partial charge < -0.3 is 10.5 Å². The third-order valence-corrected chi connectivity index (χ3v) is 3.92. The van der Waals surface area contributed by atoms with E-state index in [0.29, 0.717) is 5.56 Å². The Bertz CT molecular complexity index is 672. The molecule has 0 fully saturated rings. The summed E-state index contributed by atoms with van der Waals surface area (Å²) in [5.41, 5.74) is 6.53. The van der Waals surface area contributed by atoms with Gasteiger partial charge in [0.05, 0.1) is 18.0 Å². The number of aryl methyl sites for hydroxylation is 1. The highest BCUT2D eigenvalue weighted by Crippen LogP contribution is 2.16. The fraction of sp³-hybridized carbons (Fsp3) is 0.357. The van der Waals surface area contributed by atoms with Gasteiger partial charge in [0.2, 0.25) is 10.0 Å². The monoisotopic (exact) mass is 310 g/mol. The molecule has 114 valence electrons. The van der Waals surface area contributed by atoms with Crippen LogP contribution >= 0.6 is 0 Å². The van der Waals surface area contributed by atoms with Crippen LogP contribution in [0.15, 0.2) is 23.1 Å². The quantitative estimate of drug-likeness (QED) is 0.596. The lowest BCUT2D eigenvalue weighted by Gasteiger charge is -2.09. The van der Waals surface area contributed by atoms with Gasteiger partial charge in [-0.05, 0) is 31.5 Å². The van der Waals surface area contributed by atoms with Crippen molar-refractivity contribution in [1.29, 1.82) is 0 Å². The van der Waals surface area contributed by atoms with Crippen molar-refractivity contribution < 1.29 is 17.9 Å². The minimum atomic E-state index is -3.85. The molecule has 0 unspecified atom stereocenters. The van der Waals surface area contributed by atoms with Crippen LogP contribution in [-0.4, -0.2) is 34.1 Å². The zero-order valence-electron chi connectivity index (χ0n) is 12.0. The van der Waals surface area contributed by atoms with Crippen molar-refractivity contribution in [3.05, 3.63) is 29.3 Å². The number of nitrogens with one attached hydrogen (secondary N) is 1. The zero-order chi connectivity index (χ0) is 15.9. The molecule has 21 heavy (non-hydrogen) atoms.